The lowest BCUT2D eigenvalue weighted by atomic mass is 9.90. The first-order chi connectivity index (χ1) is 17.6. The SMILES string of the molecule is CC(C)Cc1nc2c(c(-c3cnc4c(ccn4C(C)c4ccc(Br)c(F)c4)c3)c1C(N)=O)C(=O)NC2C. The molecule has 0 radical (unpaired) electrons. The van der Waals surface area contributed by atoms with Gasteiger partial charge in [-0.3, -0.25) is 14.6 Å². The smallest absolute Gasteiger partial charge is 0.254 e. The molecule has 0 fully saturated rings. The maximum absolute atomic E-state index is 14.2. The van der Waals surface area contributed by atoms with Crippen molar-refractivity contribution in [2.45, 2.75) is 46.2 Å². The summed E-state index contributed by atoms with van der Waals surface area (Å²) in [6.07, 6.45) is 4.11. The van der Waals surface area contributed by atoms with Crippen molar-refractivity contribution in [1.82, 2.24) is 19.9 Å². The Morgan fingerprint density at radius 2 is 1.97 bits per heavy atom. The molecule has 4 aromatic rings. The summed E-state index contributed by atoms with van der Waals surface area (Å²) in [5.74, 6) is -1.01. The fraction of sp³-hybridized carbons (Fsp3) is 0.286. The summed E-state index contributed by atoms with van der Waals surface area (Å²) in [4.78, 5) is 35.2. The number of carbonyl (C=O) groups excluding carboxylic acids is 2. The molecule has 1 aromatic carbocycles. The summed E-state index contributed by atoms with van der Waals surface area (Å²) in [5, 5.41) is 3.73. The predicted octanol–water partition coefficient (Wildman–Crippen LogP) is 5.71. The molecule has 3 aromatic heterocycles. The normalized spacial score (nSPS) is 15.8. The van der Waals surface area contributed by atoms with Gasteiger partial charge in [-0.25, -0.2) is 9.37 Å². The molecule has 2 amide bonds. The molecule has 2 atom stereocenters. The minimum Gasteiger partial charge on any atom is -0.366 e. The molecule has 4 heterocycles. The Balaban J connectivity index is 1.68. The van der Waals surface area contributed by atoms with E-state index in [2.05, 4.69) is 21.2 Å². The summed E-state index contributed by atoms with van der Waals surface area (Å²) in [7, 11) is 0. The Morgan fingerprint density at radius 3 is 2.65 bits per heavy atom. The number of hydrogen-bond acceptors (Lipinski definition) is 4. The van der Waals surface area contributed by atoms with Crippen LogP contribution in [0.1, 0.15) is 77.4 Å². The van der Waals surface area contributed by atoms with E-state index in [1.807, 2.05) is 56.7 Å². The number of amides is 2. The van der Waals surface area contributed by atoms with Crippen molar-refractivity contribution in [3.8, 4) is 11.1 Å². The van der Waals surface area contributed by atoms with Crippen LogP contribution in [0.5, 0.6) is 0 Å². The number of hydrogen-bond donors (Lipinski definition) is 2. The van der Waals surface area contributed by atoms with Crippen LogP contribution >= 0.6 is 15.9 Å². The molecule has 190 valence electrons. The minimum absolute atomic E-state index is 0.172. The molecular weight excluding hydrogens is 537 g/mol. The summed E-state index contributed by atoms with van der Waals surface area (Å²) in [6, 6.07) is 8.44. The standard InChI is InChI=1S/C28H27BrFN5O2/c1-13(2)9-21-23(26(31)36)22(24-25(34-21)14(3)33-28(24)37)18-10-17-7-8-35(27(17)32-12-18)15(4)16-5-6-19(29)20(30)11-16/h5-8,10-15H,9H2,1-4H3,(H2,31,36)(H,33,37). The number of fused-ring (bicyclic) bond motifs is 2. The van der Waals surface area contributed by atoms with Crippen LogP contribution in [-0.4, -0.2) is 26.3 Å². The molecular formula is C28H27BrFN5O2. The average Bonchev–Trinajstić information content (AvgIpc) is 3.38. The topological polar surface area (TPSA) is 103 Å². The number of nitrogens with two attached hydrogens (primary N) is 1. The summed E-state index contributed by atoms with van der Waals surface area (Å²) in [6.45, 7) is 7.93. The van der Waals surface area contributed by atoms with Gasteiger partial charge in [-0.2, -0.15) is 0 Å². The second-order valence-corrected chi connectivity index (χ2v) is 10.8. The van der Waals surface area contributed by atoms with Crippen LogP contribution in [0.15, 0.2) is 47.2 Å². The van der Waals surface area contributed by atoms with Gasteiger partial charge in [-0.15, -0.1) is 0 Å². The van der Waals surface area contributed by atoms with E-state index in [0.717, 1.165) is 10.9 Å². The van der Waals surface area contributed by atoms with Crippen molar-refractivity contribution in [2.24, 2.45) is 11.7 Å². The molecule has 37 heavy (non-hydrogen) atoms. The van der Waals surface area contributed by atoms with E-state index in [0.29, 0.717) is 44.6 Å². The lowest BCUT2D eigenvalue weighted by Crippen LogP contribution is -2.20. The van der Waals surface area contributed by atoms with Crippen molar-refractivity contribution < 1.29 is 14.0 Å². The zero-order valence-corrected chi connectivity index (χ0v) is 22.6. The third-order valence-electron chi connectivity index (χ3n) is 6.82. The van der Waals surface area contributed by atoms with Gasteiger partial charge in [0.15, 0.2) is 0 Å². The van der Waals surface area contributed by atoms with Crippen molar-refractivity contribution in [3.05, 3.63) is 81.1 Å². The lowest BCUT2D eigenvalue weighted by Gasteiger charge is -2.18. The van der Waals surface area contributed by atoms with Crippen molar-refractivity contribution in [2.75, 3.05) is 0 Å². The average molecular weight is 564 g/mol. The molecule has 0 bridgehead atoms. The van der Waals surface area contributed by atoms with Gasteiger partial charge in [0.05, 0.1) is 39.1 Å². The second-order valence-electron chi connectivity index (χ2n) is 9.94. The molecule has 0 saturated heterocycles. The molecule has 5 rings (SSSR count). The van der Waals surface area contributed by atoms with Crippen LogP contribution in [0.25, 0.3) is 22.2 Å². The minimum atomic E-state index is -0.628. The van der Waals surface area contributed by atoms with Crippen LogP contribution in [-0.2, 0) is 6.42 Å². The van der Waals surface area contributed by atoms with Gasteiger partial charge in [0.1, 0.15) is 11.5 Å². The van der Waals surface area contributed by atoms with Crippen molar-refractivity contribution in [3.63, 3.8) is 0 Å². The van der Waals surface area contributed by atoms with Crippen LogP contribution < -0.4 is 11.1 Å². The molecule has 0 saturated carbocycles. The van der Waals surface area contributed by atoms with E-state index >= 15 is 0 Å². The highest BCUT2D eigenvalue weighted by atomic mass is 79.9. The van der Waals surface area contributed by atoms with Gasteiger partial charge in [0.25, 0.3) is 11.8 Å². The van der Waals surface area contributed by atoms with Crippen LogP contribution in [0.4, 0.5) is 4.39 Å². The number of nitrogens with one attached hydrogen (secondary N) is 1. The van der Waals surface area contributed by atoms with Crippen LogP contribution in [0, 0.1) is 11.7 Å². The molecule has 2 unspecified atom stereocenters. The largest absolute Gasteiger partial charge is 0.366 e. The van der Waals surface area contributed by atoms with E-state index in [-0.39, 0.29) is 35.3 Å². The number of rotatable bonds is 6. The molecule has 0 aliphatic carbocycles. The zero-order valence-electron chi connectivity index (χ0n) is 21.0. The third kappa shape index (κ3) is 4.31. The maximum Gasteiger partial charge on any atom is 0.254 e. The first-order valence-corrected chi connectivity index (χ1v) is 13.0. The van der Waals surface area contributed by atoms with Gasteiger partial charge in [-0.05, 0) is 71.9 Å². The fourth-order valence-corrected chi connectivity index (χ4v) is 5.30. The number of aromatic nitrogens is 3. The Kier molecular flexibility index (Phi) is 6.35. The number of carbonyl (C=O) groups is 2. The second kappa shape index (κ2) is 9.37. The predicted molar refractivity (Wildman–Crippen MR) is 144 cm³/mol. The molecule has 9 heteroatoms. The number of pyridine rings is 2. The number of primary amides is 1. The maximum atomic E-state index is 14.2. The Labute approximate surface area is 222 Å². The number of benzene rings is 1. The first-order valence-electron chi connectivity index (χ1n) is 12.2. The Bertz CT molecular complexity index is 1580. The quantitative estimate of drug-likeness (QED) is 0.313. The number of nitrogens with zero attached hydrogens (tertiary/aromatic N) is 3. The van der Waals surface area contributed by atoms with Gasteiger partial charge in [0.2, 0.25) is 0 Å². The molecule has 1 aliphatic rings. The molecule has 7 nitrogen and oxygen atoms in total. The van der Waals surface area contributed by atoms with E-state index in [9.17, 15) is 14.0 Å². The van der Waals surface area contributed by atoms with E-state index < -0.39 is 5.91 Å². The highest BCUT2D eigenvalue weighted by molar-refractivity contribution is 9.10. The van der Waals surface area contributed by atoms with Gasteiger partial charge in [0, 0.05) is 28.9 Å². The van der Waals surface area contributed by atoms with E-state index in [1.54, 1.807) is 12.3 Å². The highest BCUT2D eigenvalue weighted by Gasteiger charge is 2.35. The van der Waals surface area contributed by atoms with Crippen LogP contribution in [0.2, 0.25) is 0 Å². The molecule has 0 spiro atoms. The van der Waals surface area contributed by atoms with Crippen LogP contribution in [0.3, 0.4) is 0 Å². The highest BCUT2D eigenvalue weighted by Crippen LogP contribution is 2.38. The van der Waals surface area contributed by atoms with E-state index in [1.165, 1.54) is 6.07 Å². The van der Waals surface area contributed by atoms with Crippen molar-refractivity contribution >= 4 is 38.8 Å². The van der Waals surface area contributed by atoms with Gasteiger partial charge in [-0.1, -0.05) is 19.9 Å². The lowest BCUT2D eigenvalue weighted by molar-refractivity contribution is 0.0959. The van der Waals surface area contributed by atoms with Gasteiger partial charge >= 0.3 is 0 Å². The van der Waals surface area contributed by atoms with Crippen molar-refractivity contribution in [1.29, 1.82) is 0 Å². The van der Waals surface area contributed by atoms with Gasteiger partial charge < -0.3 is 15.6 Å². The van der Waals surface area contributed by atoms with E-state index in [4.69, 9.17) is 15.7 Å². The fourth-order valence-electron chi connectivity index (χ4n) is 5.05. The molecule has 1 aliphatic heterocycles. The first kappa shape index (κ1) is 25.1. The monoisotopic (exact) mass is 563 g/mol. The zero-order chi connectivity index (χ0) is 26.6. The molecule has 3 N–H and O–H groups in total. The summed E-state index contributed by atoms with van der Waals surface area (Å²) in [5.41, 5.74) is 10.3. The summed E-state index contributed by atoms with van der Waals surface area (Å²) >= 11 is 3.20. The summed E-state index contributed by atoms with van der Waals surface area (Å²) < 4.78 is 16.5. The number of halogens is 2. The third-order valence-corrected chi connectivity index (χ3v) is 7.46. The Morgan fingerprint density at radius 1 is 1.22 bits per heavy atom. The Hall–Kier alpha value is -3.59.